The molecule has 0 bridgehead atoms. The van der Waals surface area contributed by atoms with Crippen molar-refractivity contribution in [1.82, 2.24) is 10.6 Å². The number of nitrogens with zero attached hydrogens (tertiary/aromatic N) is 1. The Morgan fingerprint density at radius 1 is 1.24 bits per heavy atom. The second kappa shape index (κ2) is 13.8. The minimum Gasteiger partial charge on any atom is -0.490 e. The van der Waals surface area contributed by atoms with Crippen LogP contribution >= 0.6 is 24.0 Å². The Kier molecular flexibility index (Phi) is 13.1. The molecule has 1 aromatic rings. The van der Waals surface area contributed by atoms with E-state index in [-0.39, 0.29) is 53.8 Å². The van der Waals surface area contributed by atoms with Gasteiger partial charge in [0.1, 0.15) is 9.84 Å². The Balaban J connectivity index is 0.00000784. The molecule has 0 aromatic heterocycles. The maximum absolute atomic E-state index is 12.5. The third kappa shape index (κ3) is 12.0. The van der Waals surface area contributed by atoms with E-state index in [1.807, 2.05) is 13.8 Å². The molecule has 0 spiro atoms. The molecule has 1 unspecified atom stereocenters. The number of halogens is 3. The van der Waals surface area contributed by atoms with Crippen LogP contribution in [-0.2, 0) is 16.4 Å². The average molecular weight is 549 g/mol. The fourth-order valence-electron chi connectivity index (χ4n) is 2.30. The molecule has 7 nitrogen and oxygen atoms in total. The third-order valence-corrected chi connectivity index (χ3v) is 4.57. The van der Waals surface area contributed by atoms with Crippen molar-refractivity contribution in [3.63, 3.8) is 0 Å². The summed E-state index contributed by atoms with van der Waals surface area (Å²) >= 11 is 0. The van der Waals surface area contributed by atoms with Gasteiger partial charge in [0, 0.05) is 18.8 Å². The van der Waals surface area contributed by atoms with Gasteiger partial charge in [-0.2, -0.15) is 8.78 Å². The first-order valence-electron chi connectivity index (χ1n) is 9.07. The van der Waals surface area contributed by atoms with Crippen molar-refractivity contribution >= 4 is 39.8 Å². The van der Waals surface area contributed by atoms with Gasteiger partial charge >= 0.3 is 6.61 Å². The molecule has 0 aliphatic rings. The number of nitrogens with one attached hydrogen (secondary N) is 2. The van der Waals surface area contributed by atoms with Crippen molar-refractivity contribution in [2.24, 2.45) is 4.99 Å². The summed E-state index contributed by atoms with van der Waals surface area (Å²) in [6.45, 7) is 3.85. The van der Waals surface area contributed by atoms with E-state index in [0.29, 0.717) is 25.5 Å². The van der Waals surface area contributed by atoms with Crippen LogP contribution in [0.3, 0.4) is 0 Å². The molecule has 1 rings (SSSR count). The molecule has 168 valence electrons. The van der Waals surface area contributed by atoms with Gasteiger partial charge < -0.3 is 20.1 Å². The molecule has 1 aromatic carbocycles. The minimum atomic E-state index is -3.03. The predicted molar refractivity (Wildman–Crippen MR) is 121 cm³/mol. The molecule has 0 fully saturated rings. The highest BCUT2D eigenvalue weighted by Crippen LogP contribution is 2.30. The first-order chi connectivity index (χ1) is 13.1. The van der Waals surface area contributed by atoms with Crippen LogP contribution in [0.2, 0.25) is 0 Å². The van der Waals surface area contributed by atoms with Crippen molar-refractivity contribution in [3.05, 3.63) is 23.8 Å². The molecule has 0 radical (unpaired) electrons. The van der Waals surface area contributed by atoms with Gasteiger partial charge in [-0.25, -0.2) is 13.4 Å². The number of benzene rings is 1. The Bertz CT molecular complexity index is 749. The molecule has 0 aliphatic carbocycles. The van der Waals surface area contributed by atoms with Gasteiger partial charge in [-0.3, -0.25) is 0 Å². The Hall–Kier alpha value is -1.37. The molecule has 0 saturated heterocycles. The average Bonchev–Trinajstić information content (AvgIpc) is 2.59. The van der Waals surface area contributed by atoms with E-state index in [9.17, 15) is 17.2 Å². The molecule has 11 heteroatoms. The van der Waals surface area contributed by atoms with Gasteiger partial charge in [0.15, 0.2) is 17.5 Å². The van der Waals surface area contributed by atoms with E-state index < -0.39 is 16.4 Å². The lowest BCUT2D eigenvalue weighted by molar-refractivity contribution is -0.0514. The summed E-state index contributed by atoms with van der Waals surface area (Å²) in [4.78, 5) is 4.46. The summed E-state index contributed by atoms with van der Waals surface area (Å²) in [6, 6.07) is 4.59. The molecule has 1 atom stereocenters. The maximum Gasteiger partial charge on any atom is 0.387 e. The monoisotopic (exact) mass is 549 g/mol. The Morgan fingerprint density at radius 3 is 2.48 bits per heavy atom. The van der Waals surface area contributed by atoms with Crippen LogP contribution in [0.15, 0.2) is 23.2 Å². The topological polar surface area (TPSA) is 89.0 Å². The number of rotatable bonds is 11. The highest BCUT2D eigenvalue weighted by molar-refractivity contribution is 14.0. The van der Waals surface area contributed by atoms with E-state index >= 15 is 0 Å². The van der Waals surface area contributed by atoms with E-state index in [2.05, 4.69) is 20.4 Å². The summed E-state index contributed by atoms with van der Waals surface area (Å²) in [5.74, 6) is 0.831. The van der Waals surface area contributed by atoms with Crippen molar-refractivity contribution < 1.29 is 26.7 Å². The zero-order chi connectivity index (χ0) is 21.2. The largest absolute Gasteiger partial charge is 0.490 e. The van der Waals surface area contributed by atoms with Crippen LogP contribution < -0.4 is 20.1 Å². The number of alkyl halides is 2. The molecular formula is C18H30F2IN3O4S. The zero-order valence-corrected chi connectivity index (χ0v) is 20.2. The lowest BCUT2D eigenvalue weighted by Gasteiger charge is -2.17. The second-order valence-corrected chi connectivity index (χ2v) is 8.51. The number of ether oxygens (including phenoxy) is 2. The van der Waals surface area contributed by atoms with Gasteiger partial charge in [-0.05, 0) is 44.9 Å². The molecule has 0 aliphatic heterocycles. The lowest BCUT2D eigenvalue weighted by atomic mass is 10.2. The van der Waals surface area contributed by atoms with Gasteiger partial charge in [-0.1, -0.05) is 6.07 Å². The summed E-state index contributed by atoms with van der Waals surface area (Å²) in [5.41, 5.74) is 0.756. The van der Waals surface area contributed by atoms with E-state index in [1.165, 1.54) is 12.3 Å². The lowest BCUT2D eigenvalue weighted by Crippen LogP contribution is -2.42. The number of hydrogen-bond donors (Lipinski definition) is 2. The van der Waals surface area contributed by atoms with Crippen molar-refractivity contribution in [3.8, 4) is 11.5 Å². The standard InChI is InChI=1S/C18H29F2N3O4S.HI/c1-5-21-18(23-13(3)9-10-28(4,24)25)22-12-14-7-8-15(27-17(19)20)16(11-14)26-6-2;/h7-8,11,13,17H,5-6,9-10,12H2,1-4H3,(H2,21,22,23);1H. The summed E-state index contributed by atoms with van der Waals surface area (Å²) in [5, 5.41) is 6.25. The highest BCUT2D eigenvalue weighted by atomic mass is 127. The van der Waals surface area contributed by atoms with E-state index in [0.717, 1.165) is 5.56 Å². The van der Waals surface area contributed by atoms with E-state index in [1.54, 1.807) is 19.1 Å². The quantitative estimate of drug-likeness (QED) is 0.251. The number of guanidine groups is 1. The molecule has 0 saturated carbocycles. The molecule has 0 amide bonds. The van der Waals surface area contributed by atoms with E-state index in [4.69, 9.17) is 4.74 Å². The van der Waals surface area contributed by atoms with Crippen molar-refractivity contribution in [1.29, 1.82) is 0 Å². The first kappa shape index (κ1) is 27.6. The fourth-order valence-corrected chi connectivity index (χ4v) is 3.08. The first-order valence-corrected chi connectivity index (χ1v) is 11.1. The molecule has 0 heterocycles. The van der Waals surface area contributed by atoms with Crippen LogP contribution in [-0.4, -0.2) is 52.2 Å². The van der Waals surface area contributed by atoms with Crippen molar-refractivity contribution in [2.75, 3.05) is 25.2 Å². The maximum atomic E-state index is 12.5. The van der Waals surface area contributed by atoms with Crippen LogP contribution in [0.25, 0.3) is 0 Å². The van der Waals surface area contributed by atoms with Gasteiger partial charge in [0.2, 0.25) is 0 Å². The van der Waals surface area contributed by atoms with Crippen LogP contribution in [0.1, 0.15) is 32.8 Å². The minimum absolute atomic E-state index is 0. The van der Waals surface area contributed by atoms with Crippen LogP contribution in [0, 0.1) is 0 Å². The summed E-state index contributed by atoms with van der Waals surface area (Å²) in [7, 11) is -3.03. The van der Waals surface area contributed by atoms with Gasteiger partial charge in [0.25, 0.3) is 0 Å². The second-order valence-electron chi connectivity index (χ2n) is 6.25. The molecular weight excluding hydrogens is 519 g/mol. The van der Waals surface area contributed by atoms with Crippen LogP contribution in [0.5, 0.6) is 11.5 Å². The fraction of sp³-hybridized carbons (Fsp3) is 0.611. The number of aliphatic imine (C=N–C) groups is 1. The summed E-state index contributed by atoms with van der Waals surface area (Å²) in [6.07, 6.45) is 1.66. The Labute approximate surface area is 188 Å². The van der Waals surface area contributed by atoms with Crippen LogP contribution in [0.4, 0.5) is 8.78 Å². The third-order valence-electron chi connectivity index (χ3n) is 3.59. The van der Waals surface area contributed by atoms with Gasteiger partial charge in [-0.15, -0.1) is 24.0 Å². The van der Waals surface area contributed by atoms with Gasteiger partial charge in [0.05, 0.1) is 18.9 Å². The summed E-state index contributed by atoms with van der Waals surface area (Å²) < 4.78 is 57.4. The number of hydrogen-bond acceptors (Lipinski definition) is 5. The normalized spacial score (nSPS) is 12.9. The van der Waals surface area contributed by atoms with Crippen molar-refractivity contribution in [2.45, 2.75) is 46.4 Å². The highest BCUT2D eigenvalue weighted by Gasteiger charge is 2.12. The number of sulfone groups is 1. The molecule has 29 heavy (non-hydrogen) atoms. The zero-order valence-electron chi connectivity index (χ0n) is 17.1. The smallest absolute Gasteiger partial charge is 0.387 e. The molecule has 2 N–H and O–H groups in total. The SMILES string of the molecule is CCNC(=NCc1ccc(OC(F)F)c(OCC)c1)NC(C)CCS(C)(=O)=O.I. The predicted octanol–water partition coefficient (Wildman–Crippen LogP) is 3.18. The Morgan fingerprint density at radius 2 is 1.93 bits per heavy atom.